The highest BCUT2D eigenvalue weighted by molar-refractivity contribution is 5.74. The van der Waals surface area contributed by atoms with Gasteiger partial charge >= 0.3 is 6.03 Å². The summed E-state index contributed by atoms with van der Waals surface area (Å²) in [6.07, 6.45) is 0. The van der Waals surface area contributed by atoms with Crippen molar-refractivity contribution in [3.05, 3.63) is 23.8 Å². The predicted molar refractivity (Wildman–Crippen MR) is 96.7 cm³/mol. The molecule has 0 unspecified atom stereocenters. The summed E-state index contributed by atoms with van der Waals surface area (Å²) in [5.41, 5.74) is 0.924. The van der Waals surface area contributed by atoms with E-state index in [1.54, 1.807) is 14.2 Å². The van der Waals surface area contributed by atoms with E-state index in [0.717, 1.165) is 12.1 Å². The number of nitrogens with zero attached hydrogens (tertiary/aromatic N) is 1. The summed E-state index contributed by atoms with van der Waals surface area (Å²) in [6.45, 7) is 7.63. The maximum atomic E-state index is 12.1. The number of rotatable bonds is 8. The van der Waals surface area contributed by atoms with Crippen molar-refractivity contribution >= 4 is 6.03 Å². The molecule has 0 aliphatic rings. The first-order valence-corrected chi connectivity index (χ1v) is 8.09. The lowest BCUT2D eigenvalue weighted by molar-refractivity contribution is 0.179. The number of urea groups is 1. The number of hydrogen-bond acceptors (Lipinski definition) is 4. The molecule has 0 radical (unpaired) electrons. The zero-order valence-electron chi connectivity index (χ0n) is 15.9. The van der Waals surface area contributed by atoms with Crippen LogP contribution >= 0.6 is 0 Å². The molecule has 6 heteroatoms. The van der Waals surface area contributed by atoms with E-state index < -0.39 is 0 Å². The summed E-state index contributed by atoms with van der Waals surface area (Å²) in [5.74, 6) is 1.32. The quantitative estimate of drug-likeness (QED) is 0.765. The van der Waals surface area contributed by atoms with E-state index in [0.29, 0.717) is 18.0 Å². The lowest BCUT2D eigenvalue weighted by Gasteiger charge is -2.34. The zero-order chi connectivity index (χ0) is 18.3. The fourth-order valence-corrected chi connectivity index (χ4v) is 2.57. The number of carbonyl (C=O) groups is 1. The Morgan fingerprint density at radius 1 is 1.21 bits per heavy atom. The highest BCUT2D eigenvalue weighted by Gasteiger charge is 2.27. The van der Waals surface area contributed by atoms with Gasteiger partial charge in [-0.1, -0.05) is 19.9 Å². The molecule has 1 aromatic carbocycles. The number of nitrogens with one attached hydrogen (secondary N) is 2. The van der Waals surface area contributed by atoms with Gasteiger partial charge in [-0.25, -0.2) is 4.79 Å². The van der Waals surface area contributed by atoms with Crippen molar-refractivity contribution in [2.24, 2.45) is 5.41 Å². The summed E-state index contributed by atoms with van der Waals surface area (Å²) < 4.78 is 10.5. The molecule has 6 nitrogen and oxygen atoms in total. The van der Waals surface area contributed by atoms with Crippen LogP contribution in [0.2, 0.25) is 0 Å². The van der Waals surface area contributed by atoms with Crippen molar-refractivity contribution in [1.29, 1.82) is 0 Å². The van der Waals surface area contributed by atoms with Gasteiger partial charge in [-0.05, 0) is 44.1 Å². The molecule has 0 aliphatic carbocycles. The van der Waals surface area contributed by atoms with Gasteiger partial charge < -0.3 is 25.0 Å². The van der Waals surface area contributed by atoms with Crippen molar-refractivity contribution in [2.75, 3.05) is 34.9 Å². The minimum Gasteiger partial charge on any atom is -0.493 e. The second kappa shape index (κ2) is 8.78. The number of hydrogen-bond donors (Lipinski definition) is 2. The Balaban J connectivity index is 2.57. The van der Waals surface area contributed by atoms with Crippen LogP contribution < -0.4 is 20.1 Å². The van der Waals surface area contributed by atoms with E-state index in [1.807, 2.05) is 39.2 Å². The first-order chi connectivity index (χ1) is 11.2. The number of ether oxygens (including phenoxy) is 2. The molecule has 0 heterocycles. The molecule has 0 saturated heterocycles. The molecular weight excluding hydrogens is 306 g/mol. The lowest BCUT2D eigenvalue weighted by Crippen LogP contribution is -2.50. The molecule has 0 bridgehead atoms. The Labute approximate surface area is 145 Å². The Hall–Kier alpha value is -1.95. The van der Waals surface area contributed by atoms with Crippen molar-refractivity contribution in [3.8, 4) is 11.5 Å². The van der Waals surface area contributed by atoms with E-state index in [-0.39, 0.29) is 17.5 Å². The third-order valence-corrected chi connectivity index (χ3v) is 4.14. The predicted octanol–water partition coefficient (Wildman–Crippen LogP) is 2.48. The molecule has 2 amide bonds. The summed E-state index contributed by atoms with van der Waals surface area (Å²) in [4.78, 5) is 14.3. The van der Waals surface area contributed by atoms with Crippen LogP contribution in [0.5, 0.6) is 11.5 Å². The van der Waals surface area contributed by atoms with Gasteiger partial charge in [0, 0.05) is 19.1 Å². The molecule has 0 spiro atoms. The summed E-state index contributed by atoms with van der Waals surface area (Å²) in [5, 5.41) is 5.90. The lowest BCUT2D eigenvalue weighted by atomic mass is 9.85. The van der Waals surface area contributed by atoms with Crippen molar-refractivity contribution in [1.82, 2.24) is 15.5 Å². The van der Waals surface area contributed by atoms with E-state index in [1.165, 1.54) is 0 Å². The van der Waals surface area contributed by atoms with E-state index in [9.17, 15) is 4.79 Å². The minimum absolute atomic E-state index is 0.0236. The highest BCUT2D eigenvalue weighted by atomic mass is 16.5. The second-order valence-electron chi connectivity index (χ2n) is 6.96. The standard InChI is InChI=1S/C18H31N3O3/c1-13(18(2,3)12-21(4)5)20-17(22)19-11-14-8-9-15(23-6)16(10-14)24-7/h8-10,13H,11-12H2,1-7H3,(H2,19,20,22)/t13-/m0/s1. The zero-order valence-corrected chi connectivity index (χ0v) is 15.9. The van der Waals surface area contributed by atoms with Gasteiger partial charge in [0.2, 0.25) is 0 Å². The fourth-order valence-electron chi connectivity index (χ4n) is 2.57. The topological polar surface area (TPSA) is 62.8 Å². The van der Waals surface area contributed by atoms with Crippen LogP contribution in [-0.2, 0) is 6.54 Å². The first kappa shape index (κ1) is 20.1. The Morgan fingerprint density at radius 2 is 1.83 bits per heavy atom. The van der Waals surface area contributed by atoms with Crippen LogP contribution in [0.25, 0.3) is 0 Å². The highest BCUT2D eigenvalue weighted by Crippen LogP contribution is 2.27. The van der Waals surface area contributed by atoms with E-state index in [2.05, 4.69) is 29.4 Å². The summed E-state index contributed by atoms with van der Waals surface area (Å²) >= 11 is 0. The van der Waals surface area contributed by atoms with Gasteiger partial charge in [0.1, 0.15) is 0 Å². The van der Waals surface area contributed by atoms with Crippen LogP contribution in [0.1, 0.15) is 26.3 Å². The largest absolute Gasteiger partial charge is 0.493 e. The molecule has 0 fully saturated rings. The van der Waals surface area contributed by atoms with Crippen LogP contribution in [-0.4, -0.2) is 51.8 Å². The van der Waals surface area contributed by atoms with Crippen LogP contribution in [0.4, 0.5) is 4.79 Å². The second-order valence-corrected chi connectivity index (χ2v) is 6.96. The number of benzene rings is 1. The molecule has 2 N–H and O–H groups in total. The average Bonchev–Trinajstić information content (AvgIpc) is 2.51. The SMILES string of the molecule is COc1ccc(CNC(=O)N[C@@H](C)C(C)(C)CN(C)C)cc1OC. The Kier molecular flexibility index (Phi) is 7.35. The average molecular weight is 337 g/mol. The molecule has 24 heavy (non-hydrogen) atoms. The van der Waals surface area contributed by atoms with E-state index in [4.69, 9.17) is 9.47 Å². The molecule has 0 saturated carbocycles. The normalized spacial score (nSPS) is 12.7. The maximum absolute atomic E-state index is 12.1. The summed E-state index contributed by atoms with van der Waals surface area (Å²) in [7, 11) is 7.26. The molecule has 0 aliphatic heterocycles. The van der Waals surface area contributed by atoms with Crippen LogP contribution in [0, 0.1) is 5.41 Å². The van der Waals surface area contributed by atoms with Gasteiger partial charge in [-0.2, -0.15) is 0 Å². The van der Waals surface area contributed by atoms with Crippen LogP contribution in [0.3, 0.4) is 0 Å². The number of carbonyl (C=O) groups excluding carboxylic acids is 1. The minimum atomic E-state index is -0.177. The smallest absolute Gasteiger partial charge is 0.315 e. The monoisotopic (exact) mass is 337 g/mol. The number of amides is 2. The van der Waals surface area contributed by atoms with Crippen molar-refractivity contribution < 1.29 is 14.3 Å². The van der Waals surface area contributed by atoms with Gasteiger partial charge in [-0.3, -0.25) is 0 Å². The van der Waals surface area contributed by atoms with Crippen LogP contribution in [0.15, 0.2) is 18.2 Å². The van der Waals surface area contributed by atoms with Gasteiger partial charge in [0.15, 0.2) is 11.5 Å². The van der Waals surface area contributed by atoms with E-state index >= 15 is 0 Å². The number of methoxy groups -OCH3 is 2. The molecular formula is C18H31N3O3. The fraction of sp³-hybridized carbons (Fsp3) is 0.611. The molecule has 1 rings (SSSR count). The molecule has 1 atom stereocenters. The Bertz CT molecular complexity index is 544. The third-order valence-electron chi connectivity index (χ3n) is 4.14. The van der Waals surface area contributed by atoms with Gasteiger partial charge in [-0.15, -0.1) is 0 Å². The van der Waals surface area contributed by atoms with Gasteiger partial charge in [0.25, 0.3) is 0 Å². The summed E-state index contributed by atoms with van der Waals surface area (Å²) in [6, 6.07) is 5.46. The van der Waals surface area contributed by atoms with Crippen molar-refractivity contribution in [3.63, 3.8) is 0 Å². The van der Waals surface area contributed by atoms with Crippen molar-refractivity contribution in [2.45, 2.75) is 33.4 Å². The Morgan fingerprint density at radius 3 is 2.38 bits per heavy atom. The third kappa shape index (κ3) is 5.92. The first-order valence-electron chi connectivity index (χ1n) is 8.09. The van der Waals surface area contributed by atoms with Gasteiger partial charge in [0.05, 0.1) is 14.2 Å². The molecule has 136 valence electrons. The maximum Gasteiger partial charge on any atom is 0.315 e. The molecule has 1 aromatic rings. The molecule has 0 aromatic heterocycles.